The molecule has 0 heterocycles. The molecule has 90 valence electrons. The Morgan fingerprint density at radius 1 is 1.44 bits per heavy atom. The molecule has 0 aromatic heterocycles. The molecule has 1 unspecified atom stereocenters. The van der Waals surface area contributed by atoms with Crippen molar-refractivity contribution in [2.75, 3.05) is 5.73 Å². The van der Waals surface area contributed by atoms with Crippen molar-refractivity contribution >= 4 is 27.1 Å². The molecule has 1 rings (SSSR count). The summed E-state index contributed by atoms with van der Waals surface area (Å²) in [5.41, 5.74) is 6.70. The predicted molar refractivity (Wildman–Crippen MR) is 68.2 cm³/mol. The number of sulfone groups is 1. The van der Waals surface area contributed by atoms with Gasteiger partial charge in [-0.05, 0) is 37.1 Å². The van der Waals surface area contributed by atoms with Crippen LogP contribution in [0.2, 0.25) is 5.02 Å². The lowest BCUT2D eigenvalue weighted by molar-refractivity contribution is 0.580. The summed E-state index contributed by atoms with van der Waals surface area (Å²) in [7, 11) is -3.14. The third kappa shape index (κ3) is 3.12. The molecule has 0 saturated heterocycles. The summed E-state index contributed by atoms with van der Waals surface area (Å²) in [6, 6.07) is 4.89. The molecule has 0 aliphatic heterocycles. The Bertz CT molecular complexity index is 471. The van der Waals surface area contributed by atoms with Gasteiger partial charge in [0, 0.05) is 10.7 Å². The highest BCUT2D eigenvalue weighted by molar-refractivity contribution is 7.91. The molecule has 1 aromatic carbocycles. The van der Waals surface area contributed by atoms with Gasteiger partial charge in [0.1, 0.15) is 0 Å². The Labute approximate surface area is 102 Å². The summed E-state index contributed by atoms with van der Waals surface area (Å²) < 4.78 is 23.8. The number of hydrogen-bond acceptors (Lipinski definition) is 3. The van der Waals surface area contributed by atoms with Crippen LogP contribution >= 0.6 is 11.6 Å². The smallest absolute Gasteiger partial charge is 0.157 e. The topological polar surface area (TPSA) is 60.2 Å². The largest absolute Gasteiger partial charge is 0.399 e. The van der Waals surface area contributed by atoms with E-state index in [0.717, 1.165) is 0 Å². The van der Waals surface area contributed by atoms with Gasteiger partial charge in [0.2, 0.25) is 0 Å². The third-order valence-corrected chi connectivity index (χ3v) is 5.26. The minimum atomic E-state index is -3.14. The van der Waals surface area contributed by atoms with E-state index in [2.05, 4.69) is 0 Å². The van der Waals surface area contributed by atoms with Gasteiger partial charge in [0.25, 0.3) is 0 Å². The first-order valence-electron chi connectivity index (χ1n) is 5.12. The molecule has 1 aromatic rings. The molecule has 0 saturated carbocycles. The number of nitrogen functional groups attached to an aromatic ring is 1. The van der Waals surface area contributed by atoms with Crippen molar-refractivity contribution in [3.63, 3.8) is 0 Å². The molecule has 0 spiro atoms. The minimum absolute atomic E-state index is 0.0497. The maximum atomic E-state index is 11.9. The van der Waals surface area contributed by atoms with E-state index in [1.165, 1.54) is 0 Å². The normalized spacial score (nSPS) is 13.7. The van der Waals surface area contributed by atoms with Crippen LogP contribution in [0.5, 0.6) is 0 Å². The van der Waals surface area contributed by atoms with Crippen molar-refractivity contribution in [1.29, 1.82) is 0 Å². The van der Waals surface area contributed by atoms with Gasteiger partial charge in [-0.1, -0.05) is 18.5 Å². The zero-order chi connectivity index (χ0) is 12.3. The van der Waals surface area contributed by atoms with Crippen molar-refractivity contribution < 1.29 is 8.42 Å². The van der Waals surface area contributed by atoms with Crippen LogP contribution in [0.25, 0.3) is 0 Å². The SMILES string of the molecule is CCC(C)S(=O)(=O)Cc1cc(N)ccc1Cl. The van der Waals surface area contributed by atoms with E-state index in [4.69, 9.17) is 17.3 Å². The summed E-state index contributed by atoms with van der Waals surface area (Å²) in [5, 5.41) is 0.0890. The van der Waals surface area contributed by atoms with Gasteiger partial charge in [-0.2, -0.15) is 0 Å². The standard InChI is InChI=1S/C11H16ClNO2S/c1-3-8(2)16(14,15)7-9-6-10(13)4-5-11(9)12/h4-6,8H,3,7,13H2,1-2H3. The van der Waals surface area contributed by atoms with Crippen LogP contribution in [0.15, 0.2) is 18.2 Å². The molecular formula is C11H16ClNO2S. The Morgan fingerprint density at radius 2 is 2.06 bits per heavy atom. The van der Waals surface area contributed by atoms with Crippen molar-refractivity contribution in [2.24, 2.45) is 0 Å². The first kappa shape index (κ1) is 13.3. The lowest BCUT2D eigenvalue weighted by Gasteiger charge is -2.11. The summed E-state index contributed by atoms with van der Waals surface area (Å²) in [5.74, 6) is -0.0497. The fourth-order valence-corrected chi connectivity index (χ4v) is 3.05. The zero-order valence-corrected chi connectivity index (χ0v) is 11.0. The lowest BCUT2D eigenvalue weighted by Crippen LogP contribution is -2.18. The summed E-state index contributed by atoms with van der Waals surface area (Å²) in [6.07, 6.45) is 0.599. The minimum Gasteiger partial charge on any atom is -0.399 e. The van der Waals surface area contributed by atoms with E-state index in [1.54, 1.807) is 25.1 Å². The molecule has 5 heteroatoms. The van der Waals surface area contributed by atoms with Crippen LogP contribution in [0.3, 0.4) is 0 Å². The van der Waals surface area contributed by atoms with Gasteiger partial charge in [0.05, 0.1) is 11.0 Å². The van der Waals surface area contributed by atoms with E-state index < -0.39 is 9.84 Å². The Kier molecular flexibility index (Phi) is 4.21. The van der Waals surface area contributed by atoms with E-state index in [-0.39, 0.29) is 11.0 Å². The molecule has 3 nitrogen and oxygen atoms in total. The first-order valence-corrected chi connectivity index (χ1v) is 7.21. The molecule has 2 N–H and O–H groups in total. The predicted octanol–water partition coefficient (Wildman–Crippen LogP) is 2.64. The second-order valence-corrected chi connectivity index (χ2v) is 6.70. The van der Waals surface area contributed by atoms with Crippen LogP contribution in [-0.4, -0.2) is 13.7 Å². The molecule has 16 heavy (non-hydrogen) atoms. The highest BCUT2D eigenvalue weighted by Gasteiger charge is 2.20. The lowest BCUT2D eigenvalue weighted by atomic mass is 10.2. The van der Waals surface area contributed by atoms with Gasteiger partial charge in [-0.25, -0.2) is 8.42 Å². The number of benzene rings is 1. The van der Waals surface area contributed by atoms with Gasteiger partial charge in [-0.15, -0.1) is 0 Å². The molecule has 1 atom stereocenters. The maximum absolute atomic E-state index is 11.9. The van der Waals surface area contributed by atoms with Crippen molar-refractivity contribution in [3.05, 3.63) is 28.8 Å². The van der Waals surface area contributed by atoms with Crippen LogP contribution in [-0.2, 0) is 15.6 Å². The molecule has 0 amide bonds. The quantitative estimate of drug-likeness (QED) is 0.848. The number of nitrogens with two attached hydrogens (primary N) is 1. The van der Waals surface area contributed by atoms with Crippen molar-refractivity contribution in [2.45, 2.75) is 31.3 Å². The number of halogens is 1. The van der Waals surface area contributed by atoms with E-state index in [0.29, 0.717) is 22.7 Å². The van der Waals surface area contributed by atoms with E-state index in [9.17, 15) is 8.42 Å². The fourth-order valence-electron chi connectivity index (χ4n) is 1.32. The third-order valence-electron chi connectivity index (χ3n) is 2.61. The van der Waals surface area contributed by atoms with Gasteiger partial charge < -0.3 is 5.73 Å². The maximum Gasteiger partial charge on any atom is 0.157 e. The molecule has 0 fully saturated rings. The van der Waals surface area contributed by atoms with Gasteiger partial charge >= 0.3 is 0 Å². The Balaban J connectivity index is 3.01. The summed E-state index contributed by atoms with van der Waals surface area (Å²) >= 11 is 5.93. The summed E-state index contributed by atoms with van der Waals surface area (Å²) in [4.78, 5) is 0. The average Bonchev–Trinajstić information content (AvgIpc) is 2.22. The van der Waals surface area contributed by atoms with Crippen molar-refractivity contribution in [3.8, 4) is 0 Å². The fraction of sp³-hybridized carbons (Fsp3) is 0.455. The number of anilines is 1. The average molecular weight is 262 g/mol. The Morgan fingerprint density at radius 3 is 2.62 bits per heavy atom. The van der Waals surface area contributed by atoms with Crippen LogP contribution in [0.1, 0.15) is 25.8 Å². The van der Waals surface area contributed by atoms with Gasteiger partial charge in [0.15, 0.2) is 9.84 Å². The van der Waals surface area contributed by atoms with Crippen LogP contribution in [0.4, 0.5) is 5.69 Å². The molecule has 0 radical (unpaired) electrons. The molecule has 0 aliphatic carbocycles. The zero-order valence-electron chi connectivity index (χ0n) is 9.40. The molecular weight excluding hydrogens is 246 g/mol. The summed E-state index contributed by atoms with van der Waals surface area (Å²) in [6.45, 7) is 3.55. The second kappa shape index (κ2) is 5.06. The monoisotopic (exact) mass is 261 g/mol. The second-order valence-electron chi connectivity index (χ2n) is 3.88. The Hall–Kier alpha value is -0.740. The highest BCUT2D eigenvalue weighted by atomic mass is 35.5. The van der Waals surface area contributed by atoms with Gasteiger partial charge in [-0.3, -0.25) is 0 Å². The van der Waals surface area contributed by atoms with E-state index >= 15 is 0 Å². The highest BCUT2D eigenvalue weighted by Crippen LogP contribution is 2.23. The number of rotatable bonds is 4. The molecule has 0 bridgehead atoms. The molecule has 0 aliphatic rings. The first-order chi connectivity index (χ1) is 7.36. The van der Waals surface area contributed by atoms with Crippen LogP contribution < -0.4 is 5.73 Å². The van der Waals surface area contributed by atoms with Crippen molar-refractivity contribution in [1.82, 2.24) is 0 Å². The number of hydrogen-bond donors (Lipinski definition) is 1. The van der Waals surface area contributed by atoms with E-state index in [1.807, 2.05) is 6.92 Å². The van der Waals surface area contributed by atoms with Crippen LogP contribution in [0, 0.1) is 0 Å².